The lowest BCUT2D eigenvalue weighted by Crippen LogP contribution is -2.31. The molecule has 1 amide bonds. The molecule has 1 aliphatic rings. The predicted molar refractivity (Wildman–Crippen MR) is 124 cm³/mol. The van der Waals surface area contributed by atoms with Crippen LogP contribution in [0.2, 0.25) is 0 Å². The number of hydrogen-bond donors (Lipinski definition) is 2. The lowest BCUT2D eigenvalue weighted by Gasteiger charge is -2.29. The maximum Gasteiger partial charge on any atom is 0.253 e. The van der Waals surface area contributed by atoms with E-state index in [4.69, 9.17) is 4.74 Å². The summed E-state index contributed by atoms with van der Waals surface area (Å²) in [7, 11) is 1.65. The number of methoxy groups -OCH3 is 1. The molecule has 1 fully saturated rings. The minimum absolute atomic E-state index is 0.0304. The molecule has 5 nitrogen and oxygen atoms in total. The Morgan fingerprint density at radius 1 is 1.13 bits per heavy atom. The molecule has 2 heterocycles. The largest absolute Gasteiger partial charge is 0.496 e. The highest BCUT2D eigenvalue weighted by Gasteiger charge is 2.24. The number of aromatic nitrogens is 2. The van der Waals surface area contributed by atoms with Gasteiger partial charge in [-0.05, 0) is 87.3 Å². The van der Waals surface area contributed by atoms with Gasteiger partial charge < -0.3 is 15.0 Å². The standard InChI is InChI=1S/C26H31N3O2/c1-17-14-21(12-13-27-17)20-10-8-19(9-11-20)16-28-26(30)23-15-18(2)29-25(23)22-6-4-5-7-24(22)31-3/h4-7,12-15,19-20,29H,8-11,16H2,1-3H3,(H,28,30). The summed E-state index contributed by atoms with van der Waals surface area (Å²) in [6.45, 7) is 4.74. The Morgan fingerprint density at radius 3 is 2.65 bits per heavy atom. The van der Waals surface area contributed by atoms with Gasteiger partial charge in [0.25, 0.3) is 5.91 Å². The Labute approximate surface area is 184 Å². The Balaban J connectivity index is 1.38. The summed E-state index contributed by atoms with van der Waals surface area (Å²) in [5.74, 6) is 1.86. The first kappa shape index (κ1) is 21.2. The molecular weight excluding hydrogens is 386 g/mol. The number of carbonyl (C=O) groups is 1. The Morgan fingerprint density at radius 2 is 1.90 bits per heavy atom. The quantitative estimate of drug-likeness (QED) is 0.564. The van der Waals surface area contributed by atoms with E-state index in [0.29, 0.717) is 17.4 Å². The Hall–Kier alpha value is -3.08. The van der Waals surface area contributed by atoms with Crippen molar-refractivity contribution >= 4 is 5.91 Å². The lowest BCUT2D eigenvalue weighted by atomic mass is 9.79. The average Bonchev–Trinajstić information content (AvgIpc) is 3.19. The highest BCUT2D eigenvalue weighted by atomic mass is 16.5. The smallest absolute Gasteiger partial charge is 0.253 e. The number of carbonyl (C=O) groups excluding carboxylic acids is 1. The van der Waals surface area contributed by atoms with E-state index in [1.54, 1.807) is 7.11 Å². The first-order valence-electron chi connectivity index (χ1n) is 11.1. The van der Waals surface area contributed by atoms with E-state index in [2.05, 4.69) is 27.4 Å². The van der Waals surface area contributed by atoms with E-state index in [1.807, 2.05) is 50.4 Å². The molecule has 162 valence electrons. The monoisotopic (exact) mass is 417 g/mol. The van der Waals surface area contributed by atoms with Gasteiger partial charge in [0.2, 0.25) is 0 Å². The van der Waals surface area contributed by atoms with Crippen LogP contribution in [0.25, 0.3) is 11.3 Å². The zero-order chi connectivity index (χ0) is 21.8. The summed E-state index contributed by atoms with van der Waals surface area (Å²) in [6, 6.07) is 14.0. The second-order valence-electron chi connectivity index (χ2n) is 8.60. The van der Waals surface area contributed by atoms with Gasteiger partial charge in [0, 0.05) is 29.7 Å². The third-order valence-corrected chi connectivity index (χ3v) is 6.36. The SMILES string of the molecule is COc1ccccc1-c1[nH]c(C)cc1C(=O)NCC1CCC(c2ccnc(C)c2)CC1. The number of nitrogens with one attached hydrogen (secondary N) is 2. The van der Waals surface area contributed by atoms with Crippen LogP contribution in [0.3, 0.4) is 0 Å². The van der Waals surface area contributed by atoms with Crippen LogP contribution < -0.4 is 10.1 Å². The van der Waals surface area contributed by atoms with Gasteiger partial charge >= 0.3 is 0 Å². The van der Waals surface area contributed by atoms with E-state index in [1.165, 1.54) is 18.4 Å². The fourth-order valence-corrected chi connectivity index (χ4v) is 4.69. The van der Waals surface area contributed by atoms with Crippen molar-refractivity contribution in [3.63, 3.8) is 0 Å². The van der Waals surface area contributed by atoms with E-state index in [-0.39, 0.29) is 5.91 Å². The van der Waals surface area contributed by atoms with Crippen molar-refractivity contribution in [2.24, 2.45) is 5.92 Å². The molecule has 0 radical (unpaired) electrons. The normalized spacial score (nSPS) is 18.5. The molecule has 4 rings (SSSR count). The summed E-state index contributed by atoms with van der Waals surface area (Å²) < 4.78 is 5.50. The van der Waals surface area contributed by atoms with Crippen molar-refractivity contribution in [2.45, 2.75) is 45.4 Å². The molecule has 2 N–H and O–H groups in total. The number of aryl methyl sites for hydroxylation is 2. The molecule has 1 aromatic carbocycles. The van der Waals surface area contributed by atoms with Crippen LogP contribution in [0.15, 0.2) is 48.7 Å². The summed E-state index contributed by atoms with van der Waals surface area (Å²) >= 11 is 0. The zero-order valence-corrected chi connectivity index (χ0v) is 18.6. The molecule has 1 saturated carbocycles. The number of H-pyrrole nitrogens is 1. The molecule has 0 aliphatic heterocycles. The van der Waals surface area contributed by atoms with Crippen LogP contribution in [0.5, 0.6) is 5.75 Å². The number of hydrogen-bond acceptors (Lipinski definition) is 3. The number of rotatable bonds is 6. The maximum absolute atomic E-state index is 13.0. The second kappa shape index (κ2) is 9.38. The number of aromatic amines is 1. The van der Waals surface area contributed by atoms with Crippen molar-refractivity contribution in [1.29, 1.82) is 0 Å². The minimum atomic E-state index is -0.0304. The topological polar surface area (TPSA) is 67.0 Å². The van der Waals surface area contributed by atoms with Crippen molar-refractivity contribution in [3.05, 3.63) is 71.2 Å². The third kappa shape index (κ3) is 4.82. The number of benzene rings is 1. The van der Waals surface area contributed by atoms with Crippen LogP contribution in [-0.2, 0) is 0 Å². The van der Waals surface area contributed by atoms with Crippen molar-refractivity contribution in [3.8, 4) is 17.0 Å². The van der Waals surface area contributed by atoms with E-state index < -0.39 is 0 Å². The number of para-hydroxylation sites is 1. The first-order chi connectivity index (χ1) is 15.0. The molecule has 0 saturated heterocycles. The summed E-state index contributed by atoms with van der Waals surface area (Å²) in [6.07, 6.45) is 6.52. The molecule has 3 aromatic rings. The van der Waals surface area contributed by atoms with Crippen LogP contribution in [-0.4, -0.2) is 29.5 Å². The molecule has 1 aliphatic carbocycles. The van der Waals surface area contributed by atoms with Gasteiger partial charge in [0.1, 0.15) is 5.75 Å². The number of pyridine rings is 1. The Bertz CT molecular complexity index is 1050. The summed E-state index contributed by atoms with van der Waals surface area (Å²) in [5.41, 5.74) is 5.82. The Kier molecular flexibility index (Phi) is 6.40. The molecular formula is C26H31N3O2. The highest BCUT2D eigenvalue weighted by molar-refractivity contribution is 6.01. The predicted octanol–water partition coefficient (Wildman–Crippen LogP) is 5.41. The van der Waals surface area contributed by atoms with Crippen LogP contribution >= 0.6 is 0 Å². The summed E-state index contributed by atoms with van der Waals surface area (Å²) in [5, 5.41) is 3.18. The van der Waals surface area contributed by atoms with Gasteiger partial charge in [0.05, 0.1) is 18.4 Å². The molecule has 0 spiro atoms. The van der Waals surface area contributed by atoms with Crippen molar-refractivity contribution < 1.29 is 9.53 Å². The second-order valence-corrected chi connectivity index (χ2v) is 8.60. The third-order valence-electron chi connectivity index (χ3n) is 6.36. The van der Waals surface area contributed by atoms with Gasteiger partial charge in [-0.15, -0.1) is 0 Å². The highest BCUT2D eigenvalue weighted by Crippen LogP contribution is 2.36. The average molecular weight is 418 g/mol. The first-order valence-corrected chi connectivity index (χ1v) is 11.1. The number of ether oxygens (including phenoxy) is 1. The van der Waals surface area contributed by atoms with E-state index in [9.17, 15) is 4.79 Å². The van der Waals surface area contributed by atoms with Crippen LogP contribution in [0.1, 0.15) is 58.9 Å². The van der Waals surface area contributed by atoms with Gasteiger partial charge in [0.15, 0.2) is 0 Å². The molecule has 2 aromatic heterocycles. The van der Waals surface area contributed by atoms with Crippen molar-refractivity contribution in [2.75, 3.05) is 13.7 Å². The van der Waals surface area contributed by atoms with E-state index in [0.717, 1.165) is 47.8 Å². The zero-order valence-electron chi connectivity index (χ0n) is 18.6. The minimum Gasteiger partial charge on any atom is -0.496 e. The molecule has 31 heavy (non-hydrogen) atoms. The van der Waals surface area contributed by atoms with Gasteiger partial charge in [-0.2, -0.15) is 0 Å². The van der Waals surface area contributed by atoms with Crippen LogP contribution in [0, 0.1) is 19.8 Å². The fourth-order valence-electron chi connectivity index (χ4n) is 4.69. The maximum atomic E-state index is 13.0. The van der Waals surface area contributed by atoms with Gasteiger partial charge in [-0.25, -0.2) is 0 Å². The molecule has 5 heteroatoms. The van der Waals surface area contributed by atoms with Gasteiger partial charge in [-0.1, -0.05) is 12.1 Å². The summed E-state index contributed by atoms with van der Waals surface area (Å²) in [4.78, 5) is 20.7. The molecule has 0 bridgehead atoms. The molecule has 0 atom stereocenters. The van der Waals surface area contributed by atoms with Crippen LogP contribution in [0.4, 0.5) is 0 Å². The van der Waals surface area contributed by atoms with E-state index >= 15 is 0 Å². The number of amides is 1. The lowest BCUT2D eigenvalue weighted by molar-refractivity contribution is 0.0943. The fraction of sp³-hybridized carbons (Fsp3) is 0.385. The van der Waals surface area contributed by atoms with Crippen molar-refractivity contribution in [1.82, 2.24) is 15.3 Å². The van der Waals surface area contributed by atoms with Gasteiger partial charge in [-0.3, -0.25) is 9.78 Å². The number of nitrogens with zero attached hydrogens (tertiary/aromatic N) is 1. The molecule has 0 unspecified atom stereocenters.